The van der Waals surface area contributed by atoms with E-state index in [1.54, 1.807) is 0 Å². The monoisotopic (exact) mass is 301 g/mol. The Labute approximate surface area is 132 Å². The van der Waals surface area contributed by atoms with E-state index in [9.17, 15) is 0 Å². The number of hydrogen-bond acceptors (Lipinski definition) is 2. The number of benzene rings is 1. The molecular formula is C19H27NS. The molecule has 0 saturated heterocycles. The minimum absolute atomic E-state index is 0.537. The molecule has 1 nitrogen and oxygen atoms in total. The zero-order chi connectivity index (χ0) is 14.7. The molecule has 2 aromatic rings. The van der Waals surface area contributed by atoms with Crippen molar-refractivity contribution in [3.63, 3.8) is 0 Å². The Morgan fingerprint density at radius 1 is 1.29 bits per heavy atom. The van der Waals surface area contributed by atoms with Crippen LogP contribution in [-0.4, -0.2) is 6.54 Å². The first kappa shape index (κ1) is 15.1. The summed E-state index contributed by atoms with van der Waals surface area (Å²) in [5, 5.41) is 7.50. The molecule has 3 unspecified atom stereocenters. The van der Waals surface area contributed by atoms with E-state index in [0.717, 1.165) is 18.4 Å². The van der Waals surface area contributed by atoms with Gasteiger partial charge in [-0.1, -0.05) is 44.9 Å². The summed E-state index contributed by atoms with van der Waals surface area (Å²) in [6, 6.07) is 9.62. The normalized spacial score (nSPS) is 24.3. The first-order chi connectivity index (χ1) is 10.3. The Hall–Kier alpha value is -0.860. The lowest BCUT2D eigenvalue weighted by molar-refractivity contribution is 0.224. The van der Waals surface area contributed by atoms with Crippen molar-refractivity contribution >= 4 is 21.4 Å². The first-order valence-electron chi connectivity index (χ1n) is 8.49. The second-order valence-electron chi connectivity index (χ2n) is 6.65. The molecule has 1 heterocycles. The van der Waals surface area contributed by atoms with Crippen LogP contribution in [0.2, 0.25) is 0 Å². The second-order valence-corrected chi connectivity index (χ2v) is 7.57. The van der Waals surface area contributed by atoms with Gasteiger partial charge in [0.2, 0.25) is 0 Å². The van der Waals surface area contributed by atoms with Crippen LogP contribution < -0.4 is 5.32 Å². The molecule has 1 fully saturated rings. The van der Waals surface area contributed by atoms with Crippen LogP contribution in [0.3, 0.4) is 0 Å². The van der Waals surface area contributed by atoms with Crippen LogP contribution in [0, 0.1) is 11.8 Å². The summed E-state index contributed by atoms with van der Waals surface area (Å²) < 4.78 is 1.49. The molecule has 1 aliphatic carbocycles. The summed E-state index contributed by atoms with van der Waals surface area (Å²) in [5.41, 5.74) is 1.54. The van der Waals surface area contributed by atoms with Crippen molar-refractivity contribution in [2.45, 2.75) is 52.0 Å². The topological polar surface area (TPSA) is 12.0 Å². The van der Waals surface area contributed by atoms with Gasteiger partial charge in [-0.15, -0.1) is 11.3 Å². The lowest BCUT2D eigenvalue weighted by Crippen LogP contribution is -2.31. The number of nitrogens with one attached hydrogen (secondary N) is 1. The maximum atomic E-state index is 3.86. The Morgan fingerprint density at radius 2 is 2.19 bits per heavy atom. The van der Waals surface area contributed by atoms with Gasteiger partial charge in [-0.3, -0.25) is 0 Å². The molecular weight excluding hydrogens is 274 g/mol. The third kappa shape index (κ3) is 3.32. The summed E-state index contributed by atoms with van der Waals surface area (Å²) in [4.78, 5) is 0. The Morgan fingerprint density at radius 3 is 3.00 bits per heavy atom. The average Bonchev–Trinajstić information content (AvgIpc) is 2.97. The Kier molecular flexibility index (Phi) is 4.97. The minimum Gasteiger partial charge on any atom is -0.310 e. The molecule has 0 radical (unpaired) electrons. The van der Waals surface area contributed by atoms with E-state index in [1.807, 2.05) is 11.3 Å². The van der Waals surface area contributed by atoms with E-state index in [4.69, 9.17) is 0 Å². The fraction of sp³-hybridized carbons (Fsp3) is 0.579. The van der Waals surface area contributed by atoms with Crippen LogP contribution in [-0.2, 0) is 0 Å². The van der Waals surface area contributed by atoms with Gasteiger partial charge in [0, 0.05) is 10.7 Å². The quantitative estimate of drug-likeness (QED) is 0.739. The number of thiophene rings is 1. The van der Waals surface area contributed by atoms with Crippen LogP contribution >= 0.6 is 11.3 Å². The van der Waals surface area contributed by atoms with Gasteiger partial charge >= 0.3 is 0 Å². The summed E-state index contributed by atoms with van der Waals surface area (Å²) >= 11 is 1.90. The van der Waals surface area contributed by atoms with E-state index in [0.29, 0.717) is 6.04 Å². The molecule has 114 valence electrons. The van der Waals surface area contributed by atoms with Gasteiger partial charge in [0.1, 0.15) is 0 Å². The standard InChI is InChI=1S/C19H27NS/c1-3-11-20-18(16-8-4-6-14(2)13-16)17-9-5-7-15-10-12-21-19(15)17/h5,7,9-10,12,14,16,18,20H,3-4,6,8,11,13H2,1-2H3. The maximum absolute atomic E-state index is 3.86. The van der Waals surface area contributed by atoms with Gasteiger partial charge < -0.3 is 5.32 Å². The number of fused-ring (bicyclic) bond motifs is 1. The van der Waals surface area contributed by atoms with E-state index < -0.39 is 0 Å². The summed E-state index contributed by atoms with van der Waals surface area (Å²) in [7, 11) is 0. The van der Waals surface area contributed by atoms with Crippen LogP contribution in [0.1, 0.15) is 57.6 Å². The molecule has 0 aliphatic heterocycles. The van der Waals surface area contributed by atoms with Crippen LogP contribution in [0.5, 0.6) is 0 Å². The van der Waals surface area contributed by atoms with Crippen LogP contribution in [0.4, 0.5) is 0 Å². The molecule has 21 heavy (non-hydrogen) atoms. The third-order valence-corrected chi connectivity index (χ3v) is 5.89. The Balaban J connectivity index is 1.92. The van der Waals surface area contributed by atoms with Crippen molar-refractivity contribution < 1.29 is 0 Å². The van der Waals surface area contributed by atoms with Crippen molar-refractivity contribution in [3.05, 3.63) is 35.2 Å². The minimum atomic E-state index is 0.537. The SMILES string of the molecule is CCCNC(c1cccc2ccsc12)C1CCCC(C)C1. The average molecular weight is 301 g/mol. The van der Waals surface area contributed by atoms with Crippen LogP contribution in [0.25, 0.3) is 10.1 Å². The maximum Gasteiger partial charge on any atom is 0.0390 e. The van der Waals surface area contributed by atoms with Gasteiger partial charge in [-0.25, -0.2) is 0 Å². The zero-order valence-electron chi connectivity index (χ0n) is 13.3. The van der Waals surface area contributed by atoms with Crippen molar-refractivity contribution in [2.24, 2.45) is 11.8 Å². The highest BCUT2D eigenvalue weighted by molar-refractivity contribution is 7.17. The third-order valence-electron chi connectivity index (χ3n) is 4.91. The first-order valence-corrected chi connectivity index (χ1v) is 9.37. The van der Waals surface area contributed by atoms with Gasteiger partial charge in [0.05, 0.1) is 0 Å². The molecule has 2 heteroatoms. The van der Waals surface area contributed by atoms with E-state index in [-0.39, 0.29) is 0 Å². The molecule has 1 aromatic heterocycles. The van der Waals surface area contributed by atoms with Gasteiger partial charge in [0.25, 0.3) is 0 Å². The van der Waals surface area contributed by atoms with Gasteiger partial charge in [-0.05, 0) is 60.0 Å². The molecule has 1 aliphatic rings. The summed E-state index contributed by atoms with van der Waals surface area (Å²) in [6.07, 6.45) is 6.78. The lowest BCUT2D eigenvalue weighted by atomic mass is 9.76. The summed E-state index contributed by atoms with van der Waals surface area (Å²) in [6.45, 7) is 5.81. The molecule has 3 atom stereocenters. The van der Waals surface area contributed by atoms with Crippen molar-refractivity contribution in [1.29, 1.82) is 0 Å². The molecule has 1 aromatic carbocycles. The molecule has 0 spiro atoms. The molecule has 1 N–H and O–H groups in total. The smallest absolute Gasteiger partial charge is 0.0390 e. The second kappa shape index (κ2) is 6.93. The molecule has 1 saturated carbocycles. The highest BCUT2D eigenvalue weighted by Crippen LogP contribution is 2.40. The van der Waals surface area contributed by atoms with Gasteiger partial charge in [0.15, 0.2) is 0 Å². The fourth-order valence-corrected chi connectivity index (χ4v) is 4.83. The van der Waals surface area contributed by atoms with E-state index in [1.165, 1.54) is 47.8 Å². The number of rotatable bonds is 5. The molecule has 0 bridgehead atoms. The predicted octanol–water partition coefficient (Wildman–Crippen LogP) is 5.77. The van der Waals surface area contributed by atoms with E-state index in [2.05, 4.69) is 48.8 Å². The summed E-state index contributed by atoms with van der Waals surface area (Å²) in [5.74, 6) is 1.69. The zero-order valence-corrected chi connectivity index (χ0v) is 14.1. The number of hydrogen-bond donors (Lipinski definition) is 1. The highest BCUT2D eigenvalue weighted by Gasteiger charge is 2.28. The molecule has 0 amide bonds. The van der Waals surface area contributed by atoms with Gasteiger partial charge in [-0.2, -0.15) is 0 Å². The largest absolute Gasteiger partial charge is 0.310 e. The van der Waals surface area contributed by atoms with Crippen molar-refractivity contribution in [2.75, 3.05) is 6.54 Å². The van der Waals surface area contributed by atoms with Crippen LogP contribution in [0.15, 0.2) is 29.6 Å². The van der Waals surface area contributed by atoms with E-state index >= 15 is 0 Å². The molecule has 3 rings (SSSR count). The van der Waals surface area contributed by atoms with Crippen molar-refractivity contribution in [1.82, 2.24) is 5.32 Å². The van der Waals surface area contributed by atoms with Crippen molar-refractivity contribution in [3.8, 4) is 0 Å². The highest BCUT2D eigenvalue weighted by atomic mass is 32.1. The Bertz CT molecular complexity index is 574. The predicted molar refractivity (Wildman–Crippen MR) is 94.0 cm³/mol. The fourth-order valence-electron chi connectivity index (χ4n) is 3.88. The lowest BCUT2D eigenvalue weighted by Gasteiger charge is -2.34.